The molecule has 0 spiro atoms. The number of alkyl halides is 3. The maximum Gasteiger partial charge on any atom is 0.416 e. The molecule has 3 aromatic carbocycles. The van der Waals surface area contributed by atoms with Gasteiger partial charge in [-0.25, -0.2) is 17.2 Å². The van der Waals surface area contributed by atoms with Crippen LogP contribution >= 0.6 is 0 Å². The molecule has 0 bridgehead atoms. The molecule has 3 aromatic rings. The highest BCUT2D eigenvalue weighted by Crippen LogP contribution is 2.41. The maximum absolute atomic E-state index is 14.4. The summed E-state index contributed by atoms with van der Waals surface area (Å²) < 4.78 is 101. The van der Waals surface area contributed by atoms with E-state index in [4.69, 9.17) is 9.84 Å². The van der Waals surface area contributed by atoms with Crippen LogP contribution in [0.3, 0.4) is 0 Å². The van der Waals surface area contributed by atoms with Gasteiger partial charge in [0, 0.05) is 18.1 Å². The predicted octanol–water partition coefficient (Wildman–Crippen LogP) is 5.47. The fraction of sp³-hybridized carbons (Fsp3) is 0.208. The zero-order valence-corrected chi connectivity index (χ0v) is 19.1. The van der Waals surface area contributed by atoms with E-state index < -0.39 is 56.9 Å². The minimum atomic E-state index is -4.79. The summed E-state index contributed by atoms with van der Waals surface area (Å²) in [6.45, 7) is -0.395. The third kappa shape index (κ3) is 5.13. The maximum atomic E-state index is 14.4. The average molecular weight is 527 g/mol. The van der Waals surface area contributed by atoms with E-state index in [-0.39, 0.29) is 35.4 Å². The molecular weight excluding hydrogens is 509 g/mol. The Bertz CT molecular complexity index is 1420. The molecule has 1 atom stereocenters. The summed E-state index contributed by atoms with van der Waals surface area (Å²) in [5, 5.41) is 9.00. The first kappa shape index (κ1) is 25.4. The van der Waals surface area contributed by atoms with Gasteiger partial charge in [0.1, 0.15) is 23.5 Å². The Labute approximate surface area is 202 Å². The fourth-order valence-corrected chi connectivity index (χ4v) is 5.37. The molecule has 0 radical (unpaired) electrons. The number of hydrogen-bond donors (Lipinski definition) is 1. The fourth-order valence-electron chi connectivity index (χ4n) is 3.83. The van der Waals surface area contributed by atoms with Crippen molar-refractivity contribution in [1.82, 2.24) is 0 Å². The van der Waals surface area contributed by atoms with Gasteiger partial charge in [0.2, 0.25) is 0 Å². The van der Waals surface area contributed by atoms with E-state index in [0.717, 1.165) is 34.6 Å². The van der Waals surface area contributed by atoms with Crippen molar-refractivity contribution in [1.29, 1.82) is 0 Å². The van der Waals surface area contributed by atoms with Crippen LogP contribution in [-0.4, -0.2) is 32.1 Å². The van der Waals surface area contributed by atoms with Gasteiger partial charge in [-0.15, -0.1) is 0 Å². The smallest absolute Gasteiger partial charge is 0.416 e. The van der Waals surface area contributed by atoms with Crippen LogP contribution < -0.4 is 9.04 Å². The Morgan fingerprint density at radius 2 is 1.81 bits per heavy atom. The second-order valence-electron chi connectivity index (χ2n) is 8.04. The Balaban J connectivity index is 1.82. The van der Waals surface area contributed by atoms with Gasteiger partial charge in [0.05, 0.1) is 22.7 Å². The molecule has 1 N–H and O–H groups in total. The number of aliphatic carboxylic acids is 1. The number of fused-ring (bicyclic) bond motifs is 1. The molecule has 1 aliphatic rings. The largest absolute Gasteiger partial charge is 0.486 e. The molecule has 0 unspecified atom stereocenters. The molecule has 0 fully saturated rings. The number of hydrogen-bond acceptors (Lipinski definition) is 4. The lowest BCUT2D eigenvalue weighted by Gasteiger charge is -2.36. The normalized spacial score (nSPS) is 15.8. The van der Waals surface area contributed by atoms with Gasteiger partial charge in [-0.3, -0.25) is 9.10 Å². The van der Waals surface area contributed by atoms with Crippen molar-refractivity contribution in [2.24, 2.45) is 0 Å². The van der Waals surface area contributed by atoms with Gasteiger partial charge in [0.25, 0.3) is 10.0 Å². The molecule has 1 heterocycles. The summed E-state index contributed by atoms with van der Waals surface area (Å²) in [4.78, 5) is 10.4. The number of rotatable bonds is 6. The first-order valence-electron chi connectivity index (χ1n) is 10.5. The highest BCUT2D eigenvalue weighted by molar-refractivity contribution is 7.92. The van der Waals surface area contributed by atoms with Crippen molar-refractivity contribution in [2.75, 3.05) is 10.8 Å². The highest BCUT2D eigenvalue weighted by Gasteiger charge is 2.37. The number of anilines is 1. The first-order valence-corrected chi connectivity index (χ1v) is 12.0. The summed E-state index contributed by atoms with van der Waals surface area (Å²) >= 11 is 0. The van der Waals surface area contributed by atoms with Crippen LogP contribution in [0, 0.1) is 11.6 Å². The van der Waals surface area contributed by atoms with Crippen molar-refractivity contribution in [3.63, 3.8) is 0 Å². The first-order chi connectivity index (χ1) is 16.9. The van der Waals surface area contributed by atoms with Crippen molar-refractivity contribution < 1.29 is 45.0 Å². The van der Waals surface area contributed by atoms with Gasteiger partial charge in [-0.05, 0) is 54.4 Å². The van der Waals surface area contributed by atoms with Gasteiger partial charge in [-0.2, -0.15) is 13.2 Å². The van der Waals surface area contributed by atoms with Crippen LogP contribution in [-0.2, 0) is 21.0 Å². The SMILES string of the molecule is O=C(O)CC[C@H]1CN(S(=O)(=O)c2cccc(C(F)(F)F)c2)c2cc(-c3ccc(F)cc3F)ccc2O1. The highest BCUT2D eigenvalue weighted by atomic mass is 32.2. The second-order valence-corrected chi connectivity index (χ2v) is 9.90. The average Bonchev–Trinajstić information content (AvgIpc) is 2.81. The van der Waals surface area contributed by atoms with E-state index in [0.29, 0.717) is 12.1 Å². The number of halogens is 5. The zero-order chi connectivity index (χ0) is 26.3. The number of sulfonamides is 1. The minimum Gasteiger partial charge on any atom is -0.486 e. The van der Waals surface area contributed by atoms with Gasteiger partial charge >= 0.3 is 12.1 Å². The summed E-state index contributed by atoms with van der Waals surface area (Å²) in [5.41, 5.74) is -1.12. The van der Waals surface area contributed by atoms with Gasteiger partial charge in [-0.1, -0.05) is 12.1 Å². The lowest BCUT2D eigenvalue weighted by molar-refractivity contribution is -0.138. The van der Waals surface area contributed by atoms with Crippen LogP contribution in [0.15, 0.2) is 65.6 Å². The molecule has 0 saturated heterocycles. The quantitative estimate of drug-likeness (QED) is 0.430. The molecule has 190 valence electrons. The van der Waals surface area contributed by atoms with E-state index >= 15 is 0 Å². The molecule has 6 nitrogen and oxygen atoms in total. The minimum absolute atomic E-state index is 0.0125. The van der Waals surface area contributed by atoms with E-state index in [1.165, 1.54) is 18.2 Å². The van der Waals surface area contributed by atoms with Crippen LogP contribution in [0.2, 0.25) is 0 Å². The van der Waals surface area contributed by atoms with E-state index in [9.17, 15) is 35.2 Å². The number of carboxylic acid groups (broad SMARTS) is 1. The van der Waals surface area contributed by atoms with E-state index in [2.05, 4.69) is 0 Å². The monoisotopic (exact) mass is 527 g/mol. The Hall–Kier alpha value is -3.67. The second kappa shape index (κ2) is 9.41. The van der Waals surface area contributed by atoms with E-state index in [1.54, 1.807) is 0 Å². The van der Waals surface area contributed by atoms with Crippen molar-refractivity contribution >= 4 is 21.7 Å². The van der Waals surface area contributed by atoms with Crippen molar-refractivity contribution in [3.05, 3.63) is 77.9 Å². The summed E-state index contributed by atoms with van der Waals surface area (Å²) in [7, 11) is -4.59. The molecular formula is C24H18F5NO5S. The summed E-state index contributed by atoms with van der Waals surface area (Å²) in [5.74, 6) is -2.84. The molecule has 0 aromatic heterocycles. The topological polar surface area (TPSA) is 83.9 Å². The van der Waals surface area contributed by atoms with E-state index in [1.807, 2.05) is 0 Å². The summed E-state index contributed by atoms with van der Waals surface area (Å²) in [6, 6.07) is 10.1. The standard InChI is InChI=1S/C24H18F5NO5S/c25-16-5-7-19(20(26)12-16)14-4-8-22-21(10-14)30(13-17(35-22)6-9-23(31)32)36(33,34)18-3-1-2-15(11-18)24(27,28)29/h1-5,7-8,10-12,17H,6,9,13H2,(H,31,32)/t17-/m0/s1. The molecule has 0 aliphatic carbocycles. The molecule has 4 rings (SSSR count). The lowest BCUT2D eigenvalue weighted by Crippen LogP contribution is -2.43. The molecule has 12 heteroatoms. The third-order valence-electron chi connectivity index (χ3n) is 5.56. The molecule has 0 amide bonds. The number of benzene rings is 3. The number of ether oxygens (including phenoxy) is 1. The van der Waals surface area contributed by atoms with Crippen LogP contribution in [0.25, 0.3) is 11.1 Å². The zero-order valence-electron chi connectivity index (χ0n) is 18.3. The van der Waals surface area contributed by atoms with Gasteiger partial charge < -0.3 is 9.84 Å². The molecule has 36 heavy (non-hydrogen) atoms. The number of carboxylic acids is 1. The van der Waals surface area contributed by atoms with Gasteiger partial charge in [0.15, 0.2) is 0 Å². The molecule has 1 aliphatic heterocycles. The van der Waals surface area contributed by atoms with Crippen molar-refractivity contribution in [3.8, 4) is 16.9 Å². The van der Waals surface area contributed by atoms with Crippen LogP contribution in [0.1, 0.15) is 18.4 Å². The number of carbonyl (C=O) groups is 1. The Kier molecular flexibility index (Phi) is 6.65. The lowest BCUT2D eigenvalue weighted by atomic mass is 10.0. The third-order valence-corrected chi connectivity index (χ3v) is 7.34. The Morgan fingerprint density at radius 1 is 1.06 bits per heavy atom. The molecule has 0 saturated carbocycles. The van der Waals surface area contributed by atoms with Crippen molar-refractivity contribution in [2.45, 2.75) is 30.0 Å². The predicted molar refractivity (Wildman–Crippen MR) is 119 cm³/mol. The van der Waals surface area contributed by atoms with Crippen LogP contribution in [0.4, 0.5) is 27.6 Å². The Morgan fingerprint density at radius 3 is 2.47 bits per heavy atom. The summed E-state index contributed by atoms with van der Waals surface area (Å²) in [6.07, 6.45) is -6.11. The number of nitrogens with zero attached hydrogens (tertiary/aromatic N) is 1. The van der Waals surface area contributed by atoms with Crippen LogP contribution in [0.5, 0.6) is 5.75 Å².